The molecule has 0 bridgehead atoms. The van der Waals surface area contributed by atoms with E-state index in [1.165, 1.54) is 12.7 Å². The first-order chi connectivity index (χ1) is 16.2. The van der Waals surface area contributed by atoms with Gasteiger partial charge >= 0.3 is 0 Å². The van der Waals surface area contributed by atoms with E-state index in [0.717, 1.165) is 48.2 Å². The zero-order valence-corrected chi connectivity index (χ0v) is 18.4. The summed E-state index contributed by atoms with van der Waals surface area (Å²) in [5, 5.41) is 8.96. The molecule has 1 aliphatic heterocycles. The number of nitrogens with zero attached hydrogens (tertiary/aromatic N) is 6. The first kappa shape index (κ1) is 20.0. The molecule has 1 unspecified atom stereocenters. The molecule has 1 aliphatic rings. The van der Waals surface area contributed by atoms with Gasteiger partial charge in [0.1, 0.15) is 35.6 Å². The third-order valence-corrected chi connectivity index (χ3v) is 6.35. The lowest BCUT2D eigenvalue weighted by molar-refractivity contribution is 0.463. The van der Waals surface area contributed by atoms with Gasteiger partial charge in [-0.2, -0.15) is 5.10 Å². The van der Waals surface area contributed by atoms with Crippen LogP contribution in [0.1, 0.15) is 24.3 Å². The Morgan fingerprint density at radius 3 is 2.91 bits per heavy atom. The summed E-state index contributed by atoms with van der Waals surface area (Å²) in [7, 11) is 0. The molecule has 166 valence electrons. The second-order valence-electron chi connectivity index (χ2n) is 8.10. The van der Waals surface area contributed by atoms with Gasteiger partial charge in [-0.05, 0) is 55.1 Å². The minimum absolute atomic E-state index is 0.362. The van der Waals surface area contributed by atoms with Crippen molar-refractivity contribution < 1.29 is 4.74 Å². The van der Waals surface area contributed by atoms with Gasteiger partial charge in [0.2, 0.25) is 0 Å². The number of fused-ring (bicyclic) bond motifs is 2. The molecule has 0 saturated carbocycles. The predicted octanol–water partition coefficient (Wildman–Crippen LogP) is 3.96. The first-order valence-electron chi connectivity index (χ1n) is 10.8. The number of halogens is 1. The van der Waals surface area contributed by atoms with Crippen molar-refractivity contribution >= 4 is 34.1 Å². The summed E-state index contributed by atoms with van der Waals surface area (Å²) in [6.07, 6.45) is 9.12. The maximum absolute atomic E-state index is 6.63. The Labute approximate surface area is 194 Å². The highest BCUT2D eigenvalue weighted by atomic mass is 35.5. The third kappa shape index (κ3) is 3.55. The molecule has 0 amide bonds. The molecule has 0 radical (unpaired) electrons. The Balaban J connectivity index is 1.38. The Morgan fingerprint density at radius 1 is 1.12 bits per heavy atom. The second-order valence-corrected chi connectivity index (χ2v) is 8.50. The smallest absolute Gasteiger partial charge is 0.158 e. The lowest BCUT2D eigenvalue weighted by Crippen LogP contribution is -2.28. The van der Waals surface area contributed by atoms with Gasteiger partial charge in [0.15, 0.2) is 5.65 Å². The Hall–Kier alpha value is -3.69. The van der Waals surface area contributed by atoms with Crippen molar-refractivity contribution in [2.45, 2.75) is 18.8 Å². The summed E-state index contributed by atoms with van der Waals surface area (Å²) in [5.74, 6) is 2.03. The average Bonchev–Trinajstić information content (AvgIpc) is 3.46. The van der Waals surface area contributed by atoms with Gasteiger partial charge < -0.3 is 20.4 Å². The highest BCUT2D eigenvalue weighted by Crippen LogP contribution is 2.37. The van der Waals surface area contributed by atoms with Crippen LogP contribution in [0.25, 0.3) is 22.4 Å². The third-order valence-electron chi connectivity index (χ3n) is 6.05. The van der Waals surface area contributed by atoms with Gasteiger partial charge in [0.05, 0.1) is 10.4 Å². The summed E-state index contributed by atoms with van der Waals surface area (Å²) in [5.41, 5.74) is 9.78. The van der Waals surface area contributed by atoms with Crippen molar-refractivity contribution in [3.8, 4) is 17.2 Å². The van der Waals surface area contributed by atoms with Crippen LogP contribution in [0.2, 0.25) is 5.02 Å². The Morgan fingerprint density at radius 2 is 2.06 bits per heavy atom. The van der Waals surface area contributed by atoms with Gasteiger partial charge in [0, 0.05) is 30.7 Å². The number of hydrogen-bond donors (Lipinski definition) is 2. The molecule has 1 saturated heterocycles. The molecule has 5 aromatic rings. The molecular formula is C23H21ClN8O. The molecule has 1 atom stereocenters. The molecule has 4 aromatic heterocycles. The van der Waals surface area contributed by atoms with Crippen molar-refractivity contribution in [2.24, 2.45) is 0 Å². The van der Waals surface area contributed by atoms with Crippen LogP contribution in [0, 0.1) is 0 Å². The van der Waals surface area contributed by atoms with Gasteiger partial charge in [-0.15, -0.1) is 0 Å². The number of benzene rings is 1. The molecule has 0 spiro atoms. The highest BCUT2D eigenvalue weighted by molar-refractivity contribution is 6.32. The summed E-state index contributed by atoms with van der Waals surface area (Å²) >= 11 is 6.63. The molecule has 5 heterocycles. The van der Waals surface area contributed by atoms with Crippen LogP contribution in [-0.4, -0.2) is 42.2 Å². The van der Waals surface area contributed by atoms with E-state index in [2.05, 4.69) is 31.6 Å². The number of nitrogen functional groups attached to an aromatic ring is 1. The number of anilines is 1. The molecule has 3 N–H and O–H groups in total. The van der Waals surface area contributed by atoms with Crippen LogP contribution in [0.3, 0.4) is 0 Å². The number of nitrogens with one attached hydrogen (secondary N) is 1. The van der Waals surface area contributed by atoms with Crippen LogP contribution < -0.4 is 15.8 Å². The van der Waals surface area contributed by atoms with Crippen LogP contribution >= 0.6 is 11.6 Å². The van der Waals surface area contributed by atoms with E-state index in [1.54, 1.807) is 16.8 Å². The van der Waals surface area contributed by atoms with Crippen LogP contribution in [0.4, 0.5) is 5.82 Å². The van der Waals surface area contributed by atoms with E-state index in [9.17, 15) is 0 Å². The molecular weight excluding hydrogens is 440 g/mol. The molecule has 1 fully saturated rings. The van der Waals surface area contributed by atoms with E-state index in [-0.39, 0.29) is 0 Å². The number of rotatable bonds is 4. The minimum Gasteiger partial charge on any atom is -0.456 e. The largest absolute Gasteiger partial charge is 0.456 e. The molecule has 0 aliphatic carbocycles. The number of aromatic nitrogens is 6. The topological polar surface area (TPSA) is 108 Å². The summed E-state index contributed by atoms with van der Waals surface area (Å²) in [6.45, 7) is 1.96. The van der Waals surface area contributed by atoms with E-state index in [4.69, 9.17) is 22.1 Å². The number of pyridine rings is 1. The van der Waals surface area contributed by atoms with E-state index in [1.807, 2.05) is 28.8 Å². The van der Waals surface area contributed by atoms with Crippen molar-refractivity contribution in [1.82, 2.24) is 34.4 Å². The Kier molecular flexibility index (Phi) is 4.85. The normalized spacial score (nSPS) is 16.5. The minimum atomic E-state index is 0.362. The monoisotopic (exact) mass is 460 g/mol. The first-order valence-corrected chi connectivity index (χ1v) is 11.1. The van der Waals surface area contributed by atoms with Crippen molar-refractivity contribution in [3.05, 3.63) is 66.0 Å². The zero-order chi connectivity index (χ0) is 22.4. The Bertz CT molecular complexity index is 1470. The number of nitrogens with two attached hydrogens (primary N) is 1. The molecule has 10 heteroatoms. The highest BCUT2D eigenvalue weighted by Gasteiger charge is 2.23. The maximum Gasteiger partial charge on any atom is 0.158 e. The van der Waals surface area contributed by atoms with E-state index >= 15 is 0 Å². The lowest BCUT2D eigenvalue weighted by atomic mass is 9.92. The van der Waals surface area contributed by atoms with Crippen molar-refractivity contribution in [2.75, 3.05) is 18.8 Å². The fourth-order valence-electron chi connectivity index (χ4n) is 4.45. The summed E-state index contributed by atoms with van der Waals surface area (Å²) < 4.78 is 9.70. The van der Waals surface area contributed by atoms with Crippen molar-refractivity contribution in [3.63, 3.8) is 0 Å². The molecule has 9 nitrogen and oxygen atoms in total. The van der Waals surface area contributed by atoms with Crippen molar-refractivity contribution in [1.29, 1.82) is 0 Å². The second kappa shape index (κ2) is 8.02. The predicted molar refractivity (Wildman–Crippen MR) is 126 cm³/mol. The SMILES string of the molecule is Nc1ncnc2c1c(C1CCCNC1)cn2-c1ccc(Oc2ccn3ncnc3c2)c(Cl)c1. The van der Waals surface area contributed by atoms with Crippen LogP contribution in [0.5, 0.6) is 11.5 Å². The molecule has 6 rings (SSSR count). The number of hydrogen-bond acceptors (Lipinski definition) is 7. The van der Waals surface area contributed by atoms with Gasteiger partial charge in [-0.1, -0.05) is 11.6 Å². The number of ether oxygens (including phenoxy) is 1. The fraction of sp³-hybridized carbons (Fsp3) is 0.217. The quantitative estimate of drug-likeness (QED) is 0.418. The lowest BCUT2D eigenvalue weighted by Gasteiger charge is -2.22. The van der Waals surface area contributed by atoms with Crippen LogP contribution in [-0.2, 0) is 0 Å². The van der Waals surface area contributed by atoms with Gasteiger partial charge in [-0.3, -0.25) is 0 Å². The van der Waals surface area contributed by atoms with Crippen LogP contribution in [0.15, 0.2) is 55.4 Å². The maximum atomic E-state index is 6.63. The van der Waals surface area contributed by atoms with Gasteiger partial charge in [-0.25, -0.2) is 19.5 Å². The molecule has 33 heavy (non-hydrogen) atoms. The van der Waals surface area contributed by atoms with E-state index in [0.29, 0.717) is 33.9 Å². The summed E-state index contributed by atoms with van der Waals surface area (Å²) in [4.78, 5) is 13.0. The van der Waals surface area contributed by atoms with E-state index < -0.39 is 0 Å². The molecule has 1 aromatic carbocycles. The average molecular weight is 461 g/mol. The van der Waals surface area contributed by atoms with Gasteiger partial charge in [0.25, 0.3) is 0 Å². The summed E-state index contributed by atoms with van der Waals surface area (Å²) in [6, 6.07) is 9.30. The fourth-order valence-corrected chi connectivity index (χ4v) is 4.66. The standard InChI is InChI=1S/C23H21ClN8O/c24-18-8-15(3-4-19(18)33-16-5-7-32-20(9-16)27-13-30-32)31-11-17(14-2-1-6-26-10-14)21-22(25)28-12-29-23(21)31/h3-5,7-9,11-14,26H,1-2,6,10H2,(H2,25,28,29). The number of piperidine rings is 1. The zero-order valence-electron chi connectivity index (χ0n) is 17.6.